The van der Waals surface area contributed by atoms with Crippen molar-refractivity contribution in [1.82, 2.24) is 40.4 Å². The number of nitrogens with one attached hydrogen (secondary N) is 4. The highest BCUT2D eigenvalue weighted by molar-refractivity contribution is 6.07. The maximum atomic E-state index is 14.4. The van der Waals surface area contributed by atoms with Gasteiger partial charge < -0.3 is 49.3 Å². The molecule has 16 heteroatoms. The third kappa shape index (κ3) is 7.82. The van der Waals surface area contributed by atoms with Crippen molar-refractivity contribution >= 4 is 45.8 Å². The number of benzene rings is 3. The van der Waals surface area contributed by atoms with Gasteiger partial charge in [0.2, 0.25) is 11.8 Å². The van der Waals surface area contributed by atoms with Gasteiger partial charge in [-0.2, -0.15) is 0 Å². The van der Waals surface area contributed by atoms with Gasteiger partial charge in [0.15, 0.2) is 0 Å². The predicted octanol–water partition coefficient (Wildman–Crippen LogP) is 7.30. The molecular weight excluding hydrogens is 805 g/mol. The standard InChI is InChI=1S/C47H56N8O8/c1-24(2)39(52-46(58)60-5)44(56)54-25(3)9-15-36(54)42-48-21-35(50-42)28-11-13-31-30(18-28)23-63-38-20-32-27(19-33(31)38)12-14-34-41(32)51-43(49-34)37-16-10-26(4)55(37)45(57)40(53-47(59)61-6)29-8-7-17-62-22-29/h11-14,18-21,24-26,29,36-37,39-40H,7-10,15-17,22-23H2,1-6H3,(H,48,50)(H,49,51)(H,52,58)(H,53,59). The van der Waals surface area contributed by atoms with E-state index < -0.39 is 24.3 Å². The summed E-state index contributed by atoms with van der Waals surface area (Å²) >= 11 is 0. The summed E-state index contributed by atoms with van der Waals surface area (Å²) in [7, 11) is 2.60. The number of carbonyl (C=O) groups excluding carboxylic acids is 4. The average Bonchev–Trinajstić information content (AvgIpc) is 4.12. The Labute approximate surface area is 365 Å². The van der Waals surface area contributed by atoms with Gasteiger partial charge in [0.1, 0.15) is 36.1 Å². The summed E-state index contributed by atoms with van der Waals surface area (Å²) in [6.45, 7) is 9.31. The number of aromatic nitrogens is 4. The van der Waals surface area contributed by atoms with E-state index in [2.05, 4.69) is 57.0 Å². The fourth-order valence-electron chi connectivity index (χ4n) is 10.1. The Morgan fingerprint density at radius 1 is 0.825 bits per heavy atom. The first kappa shape index (κ1) is 42.2. The fraction of sp³-hybridized carbons (Fsp3) is 0.489. The number of fused-ring (bicyclic) bond motifs is 6. The van der Waals surface area contributed by atoms with Crippen molar-refractivity contribution in [3.8, 4) is 28.1 Å². The summed E-state index contributed by atoms with van der Waals surface area (Å²) in [5.74, 6) is 1.60. The Hall–Kier alpha value is -6.16. The van der Waals surface area contributed by atoms with Gasteiger partial charge in [-0.05, 0) is 105 Å². The van der Waals surface area contributed by atoms with Crippen LogP contribution in [0.4, 0.5) is 9.59 Å². The van der Waals surface area contributed by atoms with Crippen molar-refractivity contribution in [1.29, 1.82) is 0 Å². The summed E-state index contributed by atoms with van der Waals surface area (Å²) in [6.07, 6.45) is 5.26. The predicted molar refractivity (Wildman–Crippen MR) is 235 cm³/mol. The van der Waals surface area contributed by atoms with E-state index in [4.69, 9.17) is 28.9 Å². The third-order valence-corrected chi connectivity index (χ3v) is 13.5. The first-order valence-electron chi connectivity index (χ1n) is 22.1. The molecule has 4 amide bonds. The summed E-state index contributed by atoms with van der Waals surface area (Å²) in [5.41, 5.74) is 6.57. The van der Waals surface area contributed by atoms with Crippen LogP contribution in [-0.4, -0.2) is 105 Å². The van der Waals surface area contributed by atoms with Gasteiger partial charge in [-0.25, -0.2) is 19.6 Å². The van der Waals surface area contributed by atoms with Gasteiger partial charge >= 0.3 is 12.2 Å². The number of likely N-dealkylation sites (tertiary alicyclic amines) is 2. The minimum atomic E-state index is -0.767. The summed E-state index contributed by atoms with van der Waals surface area (Å²) < 4.78 is 21.9. The number of hydrogen-bond donors (Lipinski definition) is 4. The summed E-state index contributed by atoms with van der Waals surface area (Å²) in [4.78, 5) is 73.5. The molecule has 3 fully saturated rings. The maximum Gasteiger partial charge on any atom is 0.407 e. The minimum absolute atomic E-state index is 0.0182. The van der Waals surface area contributed by atoms with E-state index in [-0.39, 0.29) is 47.8 Å². The molecule has 16 nitrogen and oxygen atoms in total. The molecule has 332 valence electrons. The molecule has 6 heterocycles. The molecular formula is C47H56N8O8. The molecule has 63 heavy (non-hydrogen) atoms. The number of imidazole rings is 2. The zero-order chi connectivity index (χ0) is 44.1. The second-order valence-corrected chi connectivity index (χ2v) is 17.8. The normalized spacial score (nSPS) is 22.9. The molecule has 4 aliphatic heterocycles. The molecule has 0 saturated carbocycles. The first-order valence-corrected chi connectivity index (χ1v) is 22.1. The number of alkyl carbamates (subject to hydrolysis) is 2. The van der Waals surface area contributed by atoms with Crippen LogP contribution in [0.1, 0.15) is 95.5 Å². The van der Waals surface area contributed by atoms with Crippen LogP contribution in [0.2, 0.25) is 0 Å². The first-order chi connectivity index (χ1) is 30.4. The summed E-state index contributed by atoms with van der Waals surface area (Å²) in [5, 5.41) is 7.51. The number of ether oxygens (including phenoxy) is 4. The number of carbonyl (C=O) groups is 4. The topological polar surface area (TPSA) is 193 Å². The average molecular weight is 861 g/mol. The van der Waals surface area contributed by atoms with Crippen LogP contribution in [0.15, 0.2) is 48.7 Å². The van der Waals surface area contributed by atoms with Crippen LogP contribution in [-0.2, 0) is 30.4 Å². The van der Waals surface area contributed by atoms with E-state index in [0.717, 1.165) is 94.0 Å². The van der Waals surface area contributed by atoms with Crippen molar-refractivity contribution in [3.05, 3.63) is 65.9 Å². The number of methoxy groups -OCH3 is 2. The lowest BCUT2D eigenvalue weighted by Gasteiger charge is -2.36. The molecule has 4 N–H and O–H groups in total. The minimum Gasteiger partial charge on any atom is -0.488 e. The molecule has 0 aliphatic carbocycles. The Morgan fingerprint density at radius 2 is 1.56 bits per heavy atom. The van der Waals surface area contributed by atoms with E-state index in [1.54, 1.807) is 0 Å². The highest BCUT2D eigenvalue weighted by atomic mass is 16.5. The van der Waals surface area contributed by atoms with Crippen LogP contribution in [0.3, 0.4) is 0 Å². The Bertz CT molecular complexity index is 2560. The van der Waals surface area contributed by atoms with Crippen LogP contribution in [0.25, 0.3) is 44.2 Å². The Balaban J connectivity index is 0.964. The lowest BCUT2D eigenvalue weighted by atomic mass is 9.92. The van der Waals surface area contributed by atoms with E-state index >= 15 is 0 Å². The Morgan fingerprint density at radius 3 is 2.27 bits per heavy atom. The molecule has 4 aliphatic rings. The lowest BCUT2D eigenvalue weighted by Crippen LogP contribution is -2.55. The second kappa shape index (κ2) is 17.2. The van der Waals surface area contributed by atoms with Crippen LogP contribution in [0, 0.1) is 11.8 Å². The van der Waals surface area contributed by atoms with E-state index in [1.165, 1.54) is 14.2 Å². The molecule has 2 aromatic heterocycles. The number of hydrogen-bond acceptors (Lipinski definition) is 10. The molecule has 0 bridgehead atoms. The van der Waals surface area contributed by atoms with Gasteiger partial charge in [0.25, 0.3) is 0 Å². The fourth-order valence-corrected chi connectivity index (χ4v) is 10.1. The highest BCUT2D eigenvalue weighted by Gasteiger charge is 2.44. The number of amides is 4. The maximum absolute atomic E-state index is 14.4. The molecule has 0 spiro atoms. The lowest BCUT2D eigenvalue weighted by molar-refractivity contribution is -0.139. The molecule has 5 aromatic rings. The van der Waals surface area contributed by atoms with Crippen molar-refractivity contribution in [3.63, 3.8) is 0 Å². The molecule has 3 saturated heterocycles. The van der Waals surface area contributed by atoms with Gasteiger partial charge in [0, 0.05) is 35.6 Å². The number of aromatic amines is 2. The van der Waals surface area contributed by atoms with Gasteiger partial charge in [0.05, 0.1) is 55.8 Å². The molecule has 7 unspecified atom stereocenters. The molecule has 3 aromatic carbocycles. The SMILES string of the molecule is COC(=O)NC(C(=O)N1C(C)CCC1c1ncc(-c2ccc3c(c2)COc2cc4c(ccc5[nH]c(C6CCC(C)N6C(=O)C(NC(=O)OC)C6CCCOC6)nc54)cc2-3)[nH]1)C(C)C. The molecule has 0 radical (unpaired) electrons. The quantitative estimate of drug-likeness (QED) is 0.117. The Kier molecular flexibility index (Phi) is 11.5. The van der Waals surface area contributed by atoms with Crippen LogP contribution < -0.4 is 15.4 Å². The van der Waals surface area contributed by atoms with Crippen LogP contribution in [0.5, 0.6) is 5.75 Å². The van der Waals surface area contributed by atoms with E-state index in [0.29, 0.717) is 31.5 Å². The van der Waals surface area contributed by atoms with Crippen molar-refractivity contribution in [2.24, 2.45) is 11.8 Å². The van der Waals surface area contributed by atoms with Gasteiger partial charge in [-0.15, -0.1) is 0 Å². The highest BCUT2D eigenvalue weighted by Crippen LogP contribution is 2.44. The zero-order valence-corrected chi connectivity index (χ0v) is 36.7. The van der Waals surface area contributed by atoms with E-state index in [9.17, 15) is 19.2 Å². The summed E-state index contributed by atoms with van der Waals surface area (Å²) in [6, 6.07) is 12.6. The molecule has 7 atom stereocenters. The largest absolute Gasteiger partial charge is 0.488 e. The van der Waals surface area contributed by atoms with Crippen molar-refractivity contribution in [2.45, 2.75) is 109 Å². The van der Waals surface area contributed by atoms with Crippen molar-refractivity contribution in [2.75, 3.05) is 27.4 Å². The van der Waals surface area contributed by atoms with Gasteiger partial charge in [-0.1, -0.05) is 32.0 Å². The second-order valence-electron chi connectivity index (χ2n) is 17.8. The zero-order valence-electron chi connectivity index (χ0n) is 36.7. The van der Waals surface area contributed by atoms with Gasteiger partial charge in [-0.3, -0.25) is 9.59 Å². The van der Waals surface area contributed by atoms with E-state index in [1.807, 2.05) is 49.8 Å². The molecule has 9 rings (SSSR count). The third-order valence-electron chi connectivity index (χ3n) is 13.5. The number of H-pyrrole nitrogens is 2. The van der Waals surface area contributed by atoms with Crippen LogP contribution >= 0.6 is 0 Å². The smallest absolute Gasteiger partial charge is 0.407 e. The number of nitrogens with zero attached hydrogens (tertiary/aromatic N) is 4. The van der Waals surface area contributed by atoms with Crippen molar-refractivity contribution < 1.29 is 38.1 Å². The number of rotatable bonds is 9. The monoisotopic (exact) mass is 860 g/mol.